The standard InChI is InChI=1S/C17H17N3O2/c1-3-11(2)15-17(9-8-14(21)20(15)10-18)12-6-4-5-7-13(12)19-16(17)22/h4-7,15H,2-3,8-9H2,1H3,(H,19,22). The molecule has 5 nitrogen and oxygen atoms in total. The summed E-state index contributed by atoms with van der Waals surface area (Å²) in [5, 5.41) is 12.3. The number of benzene rings is 1. The summed E-state index contributed by atoms with van der Waals surface area (Å²) in [5.74, 6) is -0.397. The van der Waals surface area contributed by atoms with Crippen LogP contribution in [-0.2, 0) is 15.0 Å². The Morgan fingerprint density at radius 2 is 2.23 bits per heavy atom. The summed E-state index contributed by atoms with van der Waals surface area (Å²) in [4.78, 5) is 26.1. The number of hydrogen-bond donors (Lipinski definition) is 1. The quantitative estimate of drug-likeness (QED) is 0.672. The second-order valence-electron chi connectivity index (χ2n) is 5.75. The molecule has 3 rings (SSSR count). The van der Waals surface area contributed by atoms with Gasteiger partial charge in [-0.15, -0.1) is 0 Å². The average molecular weight is 295 g/mol. The van der Waals surface area contributed by atoms with Gasteiger partial charge in [0, 0.05) is 12.1 Å². The smallest absolute Gasteiger partial charge is 0.237 e. The van der Waals surface area contributed by atoms with E-state index in [4.69, 9.17) is 0 Å². The van der Waals surface area contributed by atoms with E-state index in [0.717, 1.165) is 21.7 Å². The monoisotopic (exact) mass is 295 g/mol. The Labute approximate surface area is 129 Å². The maximum absolute atomic E-state index is 12.8. The molecule has 1 saturated heterocycles. The molecule has 1 aromatic carbocycles. The van der Waals surface area contributed by atoms with Crippen molar-refractivity contribution in [2.75, 3.05) is 5.32 Å². The van der Waals surface area contributed by atoms with Gasteiger partial charge in [0.05, 0.1) is 6.04 Å². The van der Waals surface area contributed by atoms with E-state index in [0.29, 0.717) is 12.8 Å². The van der Waals surface area contributed by atoms with Gasteiger partial charge in [0.1, 0.15) is 5.41 Å². The first-order chi connectivity index (χ1) is 10.6. The van der Waals surface area contributed by atoms with Crippen molar-refractivity contribution in [3.05, 3.63) is 42.0 Å². The number of para-hydroxylation sites is 1. The molecule has 0 aromatic heterocycles. The lowest BCUT2D eigenvalue weighted by Crippen LogP contribution is -2.59. The van der Waals surface area contributed by atoms with E-state index >= 15 is 0 Å². The van der Waals surface area contributed by atoms with Crippen LogP contribution in [0.25, 0.3) is 0 Å². The number of nitrogens with one attached hydrogen (secondary N) is 1. The Bertz CT molecular complexity index is 719. The molecule has 0 radical (unpaired) electrons. The van der Waals surface area contributed by atoms with Crippen LogP contribution in [0.3, 0.4) is 0 Å². The number of hydrogen-bond acceptors (Lipinski definition) is 3. The Morgan fingerprint density at radius 3 is 2.91 bits per heavy atom. The lowest BCUT2D eigenvalue weighted by atomic mass is 9.66. The van der Waals surface area contributed by atoms with Gasteiger partial charge in [-0.3, -0.25) is 9.59 Å². The fourth-order valence-electron chi connectivity index (χ4n) is 3.62. The molecule has 22 heavy (non-hydrogen) atoms. The third kappa shape index (κ3) is 1.70. The van der Waals surface area contributed by atoms with Crippen molar-refractivity contribution in [1.82, 2.24) is 4.90 Å². The topological polar surface area (TPSA) is 73.2 Å². The number of nitriles is 1. The number of rotatable bonds is 2. The van der Waals surface area contributed by atoms with Crippen LogP contribution in [-0.4, -0.2) is 22.8 Å². The van der Waals surface area contributed by atoms with Crippen LogP contribution >= 0.6 is 0 Å². The zero-order valence-corrected chi connectivity index (χ0v) is 12.4. The predicted octanol–water partition coefficient (Wildman–Crippen LogP) is 2.31. The second kappa shape index (κ2) is 4.99. The van der Waals surface area contributed by atoms with Gasteiger partial charge in [0.15, 0.2) is 6.19 Å². The molecular formula is C17H17N3O2. The molecule has 0 bridgehead atoms. The van der Waals surface area contributed by atoms with Crippen molar-refractivity contribution >= 4 is 17.5 Å². The maximum Gasteiger partial charge on any atom is 0.237 e. The Hall–Kier alpha value is -2.61. The van der Waals surface area contributed by atoms with Crippen molar-refractivity contribution in [2.45, 2.75) is 37.6 Å². The molecule has 2 aliphatic rings. The van der Waals surface area contributed by atoms with E-state index in [1.807, 2.05) is 37.4 Å². The normalized spacial score (nSPS) is 26.5. The van der Waals surface area contributed by atoms with Crippen molar-refractivity contribution < 1.29 is 9.59 Å². The third-order valence-corrected chi connectivity index (χ3v) is 4.74. The zero-order chi connectivity index (χ0) is 15.9. The summed E-state index contributed by atoms with van der Waals surface area (Å²) in [7, 11) is 0. The van der Waals surface area contributed by atoms with E-state index in [1.165, 1.54) is 0 Å². The average Bonchev–Trinajstić information content (AvgIpc) is 2.81. The summed E-state index contributed by atoms with van der Waals surface area (Å²) < 4.78 is 0. The molecule has 0 saturated carbocycles. The summed E-state index contributed by atoms with van der Waals surface area (Å²) in [6.45, 7) is 5.95. The lowest BCUT2D eigenvalue weighted by Gasteiger charge is -2.44. The van der Waals surface area contributed by atoms with Gasteiger partial charge < -0.3 is 5.32 Å². The van der Waals surface area contributed by atoms with Crippen LogP contribution in [0.4, 0.5) is 5.69 Å². The van der Waals surface area contributed by atoms with Crippen molar-refractivity contribution in [2.24, 2.45) is 0 Å². The number of fused-ring (bicyclic) bond motifs is 2. The lowest BCUT2D eigenvalue weighted by molar-refractivity contribution is -0.137. The number of carbonyl (C=O) groups is 2. The number of amides is 2. The fraction of sp³-hybridized carbons (Fsp3) is 0.353. The molecule has 2 unspecified atom stereocenters. The highest BCUT2D eigenvalue weighted by Gasteiger charge is 2.58. The minimum absolute atomic E-state index is 0.152. The molecule has 1 fully saturated rings. The Balaban J connectivity index is 2.23. The molecule has 2 amide bonds. The zero-order valence-electron chi connectivity index (χ0n) is 12.4. The van der Waals surface area contributed by atoms with Gasteiger partial charge in [-0.2, -0.15) is 5.26 Å². The minimum atomic E-state index is -0.909. The summed E-state index contributed by atoms with van der Waals surface area (Å²) in [5.41, 5.74) is 1.43. The van der Waals surface area contributed by atoms with Crippen molar-refractivity contribution in [3.8, 4) is 6.19 Å². The van der Waals surface area contributed by atoms with Gasteiger partial charge in [-0.05, 0) is 24.5 Å². The second-order valence-corrected chi connectivity index (χ2v) is 5.75. The molecule has 2 atom stereocenters. The van der Waals surface area contributed by atoms with E-state index < -0.39 is 11.5 Å². The summed E-state index contributed by atoms with van der Waals surface area (Å²) in [6, 6.07) is 6.86. The van der Waals surface area contributed by atoms with Gasteiger partial charge in [0.25, 0.3) is 0 Å². The van der Waals surface area contributed by atoms with Gasteiger partial charge in [-0.25, -0.2) is 4.90 Å². The molecule has 1 aromatic rings. The fourth-order valence-corrected chi connectivity index (χ4v) is 3.62. The first-order valence-electron chi connectivity index (χ1n) is 7.36. The molecular weight excluding hydrogens is 278 g/mol. The molecule has 1 N–H and O–H groups in total. The van der Waals surface area contributed by atoms with E-state index in [1.54, 1.807) is 0 Å². The number of anilines is 1. The number of nitrogens with zero attached hydrogens (tertiary/aromatic N) is 2. The minimum Gasteiger partial charge on any atom is -0.325 e. The van der Waals surface area contributed by atoms with Gasteiger partial charge in [-0.1, -0.05) is 37.3 Å². The third-order valence-electron chi connectivity index (χ3n) is 4.74. The SMILES string of the molecule is C=C(CC)C1N(C#N)C(=O)CCC12C(=O)Nc1ccccc12. The molecule has 0 aliphatic carbocycles. The van der Waals surface area contributed by atoms with Crippen LogP contribution in [0.2, 0.25) is 0 Å². The molecule has 2 aliphatic heterocycles. The van der Waals surface area contributed by atoms with Crippen LogP contribution in [0.1, 0.15) is 31.7 Å². The van der Waals surface area contributed by atoms with Gasteiger partial charge in [0.2, 0.25) is 11.8 Å². The van der Waals surface area contributed by atoms with Crippen LogP contribution in [0.5, 0.6) is 0 Å². The van der Waals surface area contributed by atoms with Crippen LogP contribution in [0.15, 0.2) is 36.4 Å². The summed E-state index contributed by atoms with van der Waals surface area (Å²) in [6.07, 6.45) is 3.15. The number of likely N-dealkylation sites (tertiary alicyclic amines) is 1. The van der Waals surface area contributed by atoms with E-state index in [9.17, 15) is 14.9 Å². The summed E-state index contributed by atoms with van der Waals surface area (Å²) >= 11 is 0. The molecule has 5 heteroatoms. The first-order valence-corrected chi connectivity index (χ1v) is 7.36. The molecule has 1 spiro atoms. The maximum atomic E-state index is 12.8. The Kier molecular flexibility index (Phi) is 3.25. The molecule has 2 heterocycles. The van der Waals surface area contributed by atoms with Crippen molar-refractivity contribution in [1.29, 1.82) is 5.26 Å². The Morgan fingerprint density at radius 1 is 1.50 bits per heavy atom. The van der Waals surface area contributed by atoms with Crippen molar-refractivity contribution in [3.63, 3.8) is 0 Å². The number of carbonyl (C=O) groups excluding carboxylic acids is 2. The highest BCUT2D eigenvalue weighted by Crippen LogP contribution is 2.49. The molecule has 112 valence electrons. The highest BCUT2D eigenvalue weighted by molar-refractivity contribution is 6.08. The van der Waals surface area contributed by atoms with Crippen LogP contribution in [0, 0.1) is 11.5 Å². The largest absolute Gasteiger partial charge is 0.325 e. The predicted molar refractivity (Wildman–Crippen MR) is 81.7 cm³/mol. The number of piperidine rings is 1. The van der Waals surface area contributed by atoms with Gasteiger partial charge >= 0.3 is 0 Å². The van der Waals surface area contributed by atoms with E-state index in [2.05, 4.69) is 11.9 Å². The van der Waals surface area contributed by atoms with E-state index in [-0.39, 0.29) is 18.2 Å². The first kappa shape index (κ1) is 14.3. The van der Waals surface area contributed by atoms with Crippen LogP contribution < -0.4 is 5.32 Å². The highest BCUT2D eigenvalue weighted by atomic mass is 16.2.